The lowest BCUT2D eigenvalue weighted by atomic mass is 9.74. The van der Waals surface area contributed by atoms with Gasteiger partial charge in [0.1, 0.15) is 0 Å². The maximum Gasteiger partial charge on any atom is 0.335 e. The second kappa shape index (κ2) is 3.66. The standard InChI is InChI=1S/C12H14O3/c1-15-12(6-3-7-12)10-5-2-4-9(8-10)11(13)14/h2,4-5,8H,3,6-7H2,1H3,(H,13,14). The smallest absolute Gasteiger partial charge is 0.335 e. The molecule has 15 heavy (non-hydrogen) atoms. The Kier molecular flexibility index (Phi) is 2.49. The van der Waals surface area contributed by atoms with Crippen molar-refractivity contribution in [1.82, 2.24) is 0 Å². The molecule has 1 N–H and O–H groups in total. The Morgan fingerprint density at radius 2 is 2.20 bits per heavy atom. The number of carbonyl (C=O) groups is 1. The largest absolute Gasteiger partial charge is 0.478 e. The van der Waals surface area contributed by atoms with Crippen LogP contribution in [0.3, 0.4) is 0 Å². The Labute approximate surface area is 88.7 Å². The minimum atomic E-state index is -0.887. The molecule has 3 heteroatoms. The first-order chi connectivity index (χ1) is 7.18. The van der Waals surface area contributed by atoms with E-state index in [2.05, 4.69) is 0 Å². The Bertz CT molecular complexity index is 375. The first-order valence-corrected chi connectivity index (χ1v) is 5.07. The predicted molar refractivity (Wildman–Crippen MR) is 55.9 cm³/mol. The van der Waals surface area contributed by atoms with Crippen LogP contribution in [-0.2, 0) is 10.3 Å². The van der Waals surface area contributed by atoms with E-state index in [-0.39, 0.29) is 5.60 Å². The summed E-state index contributed by atoms with van der Waals surface area (Å²) in [7, 11) is 1.69. The zero-order valence-corrected chi connectivity index (χ0v) is 8.69. The molecule has 0 aromatic heterocycles. The number of carboxylic acids is 1. The molecule has 0 bridgehead atoms. The molecular formula is C12H14O3. The van der Waals surface area contributed by atoms with E-state index in [4.69, 9.17) is 9.84 Å². The van der Waals surface area contributed by atoms with E-state index in [1.807, 2.05) is 6.07 Å². The second-order valence-corrected chi connectivity index (χ2v) is 3.94. The highest BCUT2D eigenvalue weighted by atomic mass is 16.5. The van der Waals surface area contributed by atoms with Crippen LogP contribution in [0.15, 0.2) is 24.3 Å². The van der Waals surface area contributed by atoms with Gasteiger partial charge in [-0.1, -0.05) is 12.1 Å². The first-order valence-electron chi connectivity index (χ1n) is 5.07. The van der Waals surface area contributed by atoms with Crippen LogP contribution in [0.1, 0.15) is 35.2 Å². The van der Waals surface area contributed by atoms with E-state index in [0.29, 0.717) is 5.56 Å². The van der Waals surface area contributed by atoms with Crippen molar-refractivity contribution in [2.75, 3.05) is 7.11 Å². The molecule has 0 atom stereocenters. The fourth-order valence-electron chi connectivity index (χ4n) is 2.04. The van der Waals surface area contributed by atoms with E-state index < -0.39 is 5.97 Å². The van der Waals surface area contributed by atoms with Crippen molar-refractivity contribution < 1.29 is 14.6 Å². The van der Waals surface area contributed by atoms with Crippen LogP contribution in [0.2, 0.25) is 0 Å². The van der Waals surface area contributed by atoms with Gasteiger partial charge in [-0.2, -0.15) is 0 Å². The highest BCUT2D eigenvalue weighted by molar-refractivity contribution is 5.87. The average molecular weight is 206 g/mol. The fraction of sp³-hybridized carbons (Fsp3) is 0.417. The maximum absolute atomic E-state index is 10.8. The molecule has 0 aliphatic heterocycles. The van der Waals surface area contributed by atoms with Gasteiger partial charge >= 0.3 is 5.97 Å². The average Bonchev–Trinajstić information content (AvgIpc) is 2.17. The van der Waals surface area contributed by atoms with E-state index in [9.17, 15) is 4.79 Å². The molecule has 1 aromatic carbocycles. The molecule has 0 unspecified atom stereocenters. The molecule has 2 rings (SSSR count). The van der Waals surface area contributed by atoms with Crippen molar-refractivity contribution in [2.45, 2.75) is 24.9 Å². The number of rotatable bonds is 3. The minimum Gasteiger partial charge on any atom is -0.478 e. The number of ether oxygens (including phenoxy) is 1. The highest BCUT2D eigenvalue weighted by Crippen LogP contribution is 2.44. The number of hydrogen-bond acceptors (Lipinski definition) is 2. The van der Waals surface area contributed by atoms with Gasteiger partial charge in [0.25, 0.3) is 0 Å². The van der Waals surface area contributed by atoms with Gasteiger partial charge in [-0.05, 0) is 37.0 Å². The predicted octanol–water partition coefficient (Wildman–Crippen LogP) is 2.41. The fourth-order valence-corrected chi connectivity index (χ4v) is 2.04. The van der Waals surface area contributed by atoms with Crippen LogP contribution >= 0.6 is 0 Å². The number of hydrogen-bond donors (Lipinski definition) is 1. The Morgan fingerprint density at radius 1 is 1.47 bits per heavy atom. The third kappa shape index (κ3) is 1.63. The van der Waals surface area contributed by atoms with Gasteiger partial charge in [0, 0.05) is 7.11 Å². The van der Waals surface area contributed by atoms with Crippen molar-refractivity contribution in [1.29, 1.82) is 0 Å². The van der Waals surface area contributed by atoms with Crippen molar-refractivity contribution in [3.05, 3.63) is 35.4 Å². The summed E-state index contributed by atoms with van der Waals surface area (Å²) in [5, 5.41) is 8.90. The topological polar surface area (TPSA) is 46.5 Å². The molecule has 1 fully saturated rings. The van der Waals surface area contributed by atoms with Gasteiger partial charge in [0.15, 0.2) is 0 Å². The van der Waals surface area contributed by atoms with Gasteiger partial charge in [-0.25, -0.2) is 4.79 Å². The van der Waals surface area contributed by atoms with Gasteiger partial charge in [0.2, 0.25) is 0 Å². The quantitative estimate of drug-likeness (QED) is 0.826. The summed E-state index contributed by atoms with van der Waals surface area (Å²) in [6, 6.07) is 7.03. The Balaban J connectivity index is 2.35. The van der Waals surface area contributed by atoms with Gasteiger partial charge in [0.05, 0.1) is 11.2 Å². The molecule has 80 valence electrons. The Hall–Kier alpha value is -1.35. The zero-order valence-electron chi connectivity index (χ0n) is 8.69. The molecular weight excluding hydrogens is 192 g/mol. The van der Waals surface area contributed by atoms with Gasteiger partial charge in [-0.15, -0.1) is 0 Å². The van der Waals surface area contributed by atoms with Crippen LogP contribution in [0.5, 0.6) is 0 Å². The summed E-state index contributed by atoms with van der Waals surface area (Å²) in [5.74, 6) is -0.887. The lowest BCUT2D eigenvalue weighted by molar-refractivity contribution is -0.0778. The minimum absolute atomic E-state index is 0.231. The first kappa shape index (κ1) is 10.2. The monoisotopic (exact) mass is 206 g/mol. The number of methoxy groups -OCH3 is 1. The molecule has 0 spiro atoms. The molecule has 1 aromatic rings. The van der Waals surface area contributed by atoms with Crippen LogP contribution < -0.4 is 0 Å². The third-order valence-electron chi connectivity index (χ3n) is 3.19. The summed E-state index contributed by atoms with van der Waals surface area (Å²) in [6.45, 7) is 0. The number of carboxylic acid groups (broad SMARTS) is 1. The summed E-state index contributed by atoms with van der Waals surface area (Å²) >= 11 is 0. The molecule has 0 amide bonds. The van der Waals surface area contributed by atoms with Crippen molar-refractivity contribution in [2.24, 2.45) is 0 Å². The molecule has 1 aliphatic carbocycles. The number of benzene rings is 1. The van der Waals surface area contributed by atoms with Crippen LogP contribution in [0.25, 0.3) is 0 Å². The lowest BCUT2D eigenvalue weighted by Gasteiger charge is -2.41. The summed E-state index contributed by atoms with van der Waals surface area (Å²) in [5.41, 5.74) is 1.08. The van der Waals surface area contributed by atoms with Crippen molar-refractivity contribution >= 4 is 5.97 Å². The highest BCUT2D eigenvalue weighted by Gasteiger charge is 2.38. The van der Waals surface area contributed by atoms with Crippen LogP contribution in [0, 0.1) is 0 Å². The van der Waals surface area contributed by atoms with Crippen molar-refractivity contribution in [3.63, 3.8) is 0 Å². The number of aromatic carboxylic acids is 1. The molecule has 1 saturated carbocycles. The van der Waals surface area contributed by atoms with Crippen molar-refractivity contribution in [3.8, 4) is 0 Å². The van der Waals surface area contributed by atoms with Gasteiger partial charge < -0.3 is 9.84 Å². The van der Waals surface area contributed by atoms with Gasteiger partial charge in [-0.3, -0.25) is 0 Å². The van der Waals surface area contributed by atoms with E-state index in [0.717, 1.165) is 24.8 Å². The van der Waals surface area contributed by atoms with Crippen LogP contribution in [0.4, 0.5) is 0 Å². The van der Waals surface area contributed by atoms with E-state index in [1.165, 1.54) is 0 Å². The second-order valence-electron chi connectivity index (χ2n) is 3.94. The molecule has 0 saturated heterocycles. The maximum atomic E-state index is 10.8. The SMILES string of the molecule is COC1(c2cccc(C(=O)O)c2)CCC1. The zero-order chi connectivity index (χ0) is 10.9. The lowest BCUT2D eigenvalue weighted by Crippen LogP contribution is -2.36. The molecule has 0 heterocycles. The molecule has 1 aliphatic rings. The molecule has 0 radical (unpaired) electrons. The van der Waals surface area contributed by atoms with E-state index in [1.54, 1.807) is 25.3 Å². The normalized spacial score (nSPS) is 18.2. The summed E-state index contributed by atoms with van der Waals surface area (Å²) in [4.78, 5) is 10.8. The summed E-state index contributed by atoms with van der Waals surface area (Å²) in [6.07, 6.45) is 3.10. The molecule has 3 nitrogen and oxygen atoms in total. The summed E-state index contributed by atoms with van der Waals surface area (Å²) < 4.78 is 5.50. The van der Waals surface area contributed by atoms with Crippen LogP contribution in [-0.4, -0.2) is 18.2 Å². The van der Waals surface area contributed by atoms with E-state index >= 15 is 0 Å². The Morgan fingerprint density at radius 3 is 2.67 bits per heavy atom. The third-order valence-corrected chi connectivity index (χ3v) is 3.19.